The van der Waals surface area contributed by atoms with Crippen LogP contribution in [-0.4, -0.2) is 61.5 Å². The number of halogens is 1. The number of piperidine rings is 2. The van der Waals surface area contributed by atoms with Crippen LogP contribution < -0.4 is 21.3 Å². The van der Waals surface area contributed by atoms with E-state index in [0.29, 0.717) is 36.2 Å². The molecule has 3 heterocycles. The van der Waals surface area contributed by atoms with E-state index in [-0.39, 0.29) is 17.6 Å². The summed E-state index contributed by atoms with van der Waals surface area (Å²) in [5.74, 6) is -0.344. The van der Waals surface area contributed by atoms with Crippen molar-refractivity contribution in [3.8, 4) is 0 Å². The van der Waals surface area contributed by atoms with Crippen LogP contribution in [0.4, 0.5) is 15.8 Å². The number of nitrogens with zero attached hydrogens (tertiary/aromatic N) is 2. The smallest absolute Gasteiger partial charge is 0.249 e. The third kappa shape index (κ3) is 4.28. The van der Waals surface area contributed by atoms with Gasteiger partial charge in [-0.2, -0.15) is 0 Å². The predicted octanol–water partition coefficient (Wildman–Crippen LogP) is 0.902. The Morgan fingerprint density at radius 1 is 1.18 bits per heavy atom. The first kappa shape index (κ1) is 19.1. The molecule has 1 unspecified atom stereocenters. The lowest BCUT2D eigenvalue weighted by atomic mass is 9.96. The molecule has 2 amide bonds. The largest absolute Gasteiger partial charge is 0.374 e. The van der Waals surface area contributed by atoms with E-state index in [1.165, 1.54) is 6.07 Å². The maximum Gasteiger partial charge on any atom is 0.249 e. The average molecular weight is 389 g/mol. The third-order valence-corrected chi connectivity index (χ3v) is 5.97. The first-order chi connectivity index (χ1) is 13.5. The Labute approximate surface area is 164 Å². The number of carbonyl (C=O) groups excluding carboxylic acids is 2. The van der Waals surface area contributed by atoms with Gasteiger partial charge in [-0.05, 0) is 50.6 Å². The third-order valence-electron chi connectivity index (χ3n) is 5.97. The summed E-state index contributed by atoms with van der Waals surface area (Å²) in [6.07, 6.45) is 2.84. The van der Waals surface area contributed by atoms with Crippen molar-refractivity contribution in [2.75, 3.05) is 42.9 Å². The number of nitrogens with two attached hydrogens (primary N) is 1. The summed E-state index contributed by atoms with van der Waals surface area (Å²) >= 11 is 0. The van der Waals surface area contributed by atoms with Crippen molar-refractivity contribution in [1.82, 2.24) is 10.2 Å². The second kappa shape index (κ2) is 8.05. The Kier molecular flexibility index (Phi) is 5.50. The molecule has 7 nitrogen and oxygen atoms in total. The highest BCUT2D eigenvalue weighted by molar-refractivity contribution is 6.01. The molecular weight excluding hydrogens is 361 g/mol. The zero-order valence-electron chi connectivity index (χ0n) is 16.0. The van der Waals surface area contributed by atoms with Crippen LogP contribution in [0.1, 0.15) is 25.7 Å². The van der Waals surface area contributed by atoms with Gasteiger partial charge in [0, 0.05) is 43.7 Å². The molecule has 0 aromatic heterocycles. The van der Waals surface area contributed by atoms with Crippen LogP contribution in [0.2, 0.25) is 0 Å². The van der Waals surface area contributed by atoms with Crippen molar-refractivity contribution in [2.24, 2.45) is 11.7 Å². The van der Waals surface area contributed by atoms with Gasteiger partial charge < -0.3 is 20.9 Å². The van der Waals surface area contributed by atoms with Crippen molar-refractivity contribution in [2.45, 2.75) is 37.8 Å². The first-order valence-electron chi connectivity index (χ1n) is 10.1. The molecule has 4 rings (SSSR count). The number of imide groups is 1. The zero-order valence-corrected chi connectivity index (χ0v) is 16.0. The maximum atomic E-state index is 14.6. The van der Waals surface area contributed by atoms with E-state index in [1.807, 2.05) is 0 Å². The number of benzene rings is 1. The maximum absolute atomic E-state index is 14.6. The minimum Gasteiger partial charge on any atom is -0.374 e. The second-order valence-electron chi connectivity index (χ2n) is 8.22. The van der Waals surface area contributed by atoms with Crippen LogP contribution in [0.25, 0.3) is 0 Å². The number of hydrogen-bond donors (Lipinski definition) is 3. The summed E-state index contributed by atoms with van der Waals surface area (Å²) in [7, 11) is 0. The SMILES string of the molecule is NC1CCN(CC2CN(c3ccc(NC4CCC(=O)NC4=O)cc3F)C2)CC1. The minimum atomic E-state index is -0.506. The molecular formula is C20H28FN5O2. The second-order valence-corrected chi connectivity index (χ2v) is 8.22. The fourth-order valence-corrected chi connectivity index (χ4v) is 4.27. The van der Waals surface area contributed by atoms with Gasteiger partial charge in [-0.3, -0.25) is 14.9 Å². The van der Waals surface area contributed by atoms with Gasteiger partial charge in [0.25, 0.3) is 0 Å². The van der Waals surface area contributed by atoms with Gasteiger partial charge in [-0.25, -0.2) is 4.39 Å². The molecule has 0 saturated carbocycles. The van der Waals surface area contributed by atoms with Crippen LogP contribution in [0, 0.1) is 11.7 Å². The lowest BCUT2D eigenvalue weighted by Crippen LogP contribution is -2.53. The van der Waals surface area contributed by atoms with Crippen LogP contribution in [0.15, 0.2) is 18.2 Å². The Morgan fingerprint density at radius 2 is 1.93 bits per heavy atom. The highest BCUT2D eigenvalue weighted by Gasteiger charge is 2.31. The van der Waals surface area contributed by atoms with Gasteiger partial charge in [-0.1, -0.05) is 0 Å². The summed E-state index contributed by atoms with van der Waals surface area (Å²) < 4.78 is 14.6. The molecule has 3 aliphatic rings. The molecule has 0 aliphatic carbocycles. The number of nitrogens with one attached hydrogen (secondary N) is 2. The highest BCUT2D eigenvalue weighted by atomic mass is 19.1. The van der Waals surface area contributed by atoms with E-state index in [1.54, 1.807) is 12.1 Å². The van der Waals surface area contributed by atoms with E-state index < -0.39 is 6.04 Å². The molecule has 4 N–H and O–H groups in total. The predicted molar refractivity (Wildman–Crippen MR) is 106 cm³/mol. The van der Waals surface area contributed by atoms with Gasteiger partial charge in [0.1, 0.15) is 11.9 Å². The van der Waals surface area contributed by atoms with Gasteiger partial charge in [-0.15, -0.1) is 0 Å². The van der Waals surface area contributed by atoms with Crippen molar-refractivity contribution >= 4 is 23.2 Å². The highest BCUT2D eigenvalue weighted by Crippen LogP contribution is 2.30. The molecule has 152 valence electrons. The van der Waals surface area contributed by atoms with Crippen molar-refractivity contribution < 1.29 is 14.0 Å². The summed E-state index contributed by atoms with van der Waals surface area (Å²) in [4.78, 5) is 27.6. The fraction of sp³-hybridized carbons (Fsp3) is 0.600. The normalized spacial score (nSPS) is 24.8. The van der Waals surface area contributed by atoms with Gasteiger partial charge in [0.2, 0.25) is 11.8 Å². The van der Waals surface area contributed by atoms with Crippen LogP contribution >= 0.6 is 0 Å². The van der Waals surface area contributed by atoms with Crippen LogP contribution in [0.5, 0.6) is 0 Å². The quantitative estimate of drug-likeness (QED) is 0.649. The van der Waals surface area contributed by atoms with E-state index in [0.717, 1.165) is 45.6 Å². The monoisotopic (exact) mass is 389 g/mol. The molecule has 0 bridgehead atoms. The Balaban J connectivity index is 1.28. The molecule has 3 saturated heterocycles. The molecule has 28 heavy (non-hydrogen) atoms. The topological polar surface area (TPSA) is 90.7 Å². The molecule has 0 radical (unpaired) electrons. The Morgan fingerprint density at radius 3 is 2.61 bits per heavy atom. The van der Waals surface area contributed by atoms with E-state index >= 15 is 0 Å². The molecule has 3 aliphatic heterocycles. The lowest BCUT2D eigenvalue weighted by Gasteiger charge is -2.44. The number of carbonyl (C=O) groups is 2. The van der Waals surface area contributed by atoms with Gasteiger partial charge in [0.15, 0.2) is 0 Å². The van der Waals surface area contributed by atoms with Crippen LogP contribution in [0.3, 0.4) is 0 Å². The Bertz CT molecular complexity index is 744. The summed E-state index contributed by atoms with van der Waals surface area (Å²) in [6, 6.07) is 4.82. The molecule has 1 aromatic rings. The molecule has 3 fully saturated rings. The number of rotatable bonds is 5. The standard InChI is InChI=1S/C20H28FN5O2/c21-16-9-15(23-17-2-4-19(27)24-20(17)28)1-3-18(16)26-11-13(12-26)10-25-7-5-14(22)6-8-25/h1,3,9,13-14,17,23H,2,4-8,10-12,22H2,(H,24,27,28). The lowest BCUT2D eigenvalue weighted by molar-refractivity contribution is -0.133. The first-order valence-corrected chi connectivity index (χ1v) is 10.1. The Hall–Kier alpha value is -2.19. The van der Waals surface area contributed by atoms with E-state index in [4.69, 9.17) is 5.73 Å². The molecule has 0 spiro atoms. The summed E-state index contributed by atoms with van der Waals surface area (Å²) in [5, 5.41) is 5.32. The molecule has 8 heteroatoms. The number of anilines is 2. The van der Waals surface area contributed by atoms with Crippen molar-refractivity contribution in [3.63, 3.8) is 0 Å². The van der Waals surface area contributed by atoms with Crippen molar-refractivity contribution in [1.29, 1.82) is 0 Å². The van der Waals surface area contributed by atoms with Crippen molar-refractivity contribution in [3.05, 3.63) is 24.0 Å². The van der Waals surface area contributed by atoms with E-state index in [2.05, 4.69) is 20.4 Å². The molecule has 1 atom stereocenters. The van der Waals surface area contributed by atoms with Gasteiger partial charge >= 0.3 is 0 Å². The summed E-state index contributed by atoms with van der Waals surface area (Å²) in [6.45, 7) is 4.90. The van der Waals surface area contributed by atoms with Gasteiger partial charge in [0.05, 0.1) is 5.69 Å². The zero-order chi connectivity index (χ0) is 19.7. The van der Waals surface area contributed by atoms with Crippen LogP contribution in [-0.2, 0) is 9.59 Å². The molecule has 1 aromatic carbocycles. The fourth-order valence-electron chi connectivity index (χ4n) is 4.27. The number of likely N-dealkylation sites (tertiary alicyclic amines) is 1. The van der Waals surface area contributed by atoms with E-state index in [9.17, 15) is 14.0 Å². The summed E-state index contributed by atoms with van der Waals surface area (Å²) in [5.41, 5.74) is 7.11. The number of amides is 2. The minimum absolute atomic E-state index is 0.260. The number of hydrogen-bond acceptors (Lipinski definition) is 6. The average Bonchev–Trinajstić information content (AvgIpc) is 2.63.